The van der Waals surface area contributed by atoms with E-state index in [2.05, 4.69) is 57.2 Å². The lowest BCUT2D eigenvalue weighted by atomic mass is 10.1. The second kappa shape index (κ2) is 15.4. The molecule has 0 spiro atoms. The van der Waals surface area contributed by atoms with E-state index in [4.69, 9.17) is 32.5 Å². The van der Waals surface area contributed by atoms with Crippen LogP contribution < -0.4 is 28.1 Å². The topological polar surface area (TPSA) is 122 Å². The van der Waals surface area contributed by atoms with E-state index in [9.17, 15) is 0 Å². The molecule has 1 aromatic heterocycles. The van der Waals surface area contributed by atoms with Gasteiger partial charge in [0.1, 0.15) is 11.5 Å². The third-order valence-corrected chi connectivity index (χ3v) is 5.25. The van der Waals surface area contributed by atoms with E-state index in [0.29, 0.717) is 0 Å². The molecule has 3 aromatic rings. The molecule has 196 valence electrons. The zero-order valence-electron chi connectivity index (χ0n) is 21.2. The summed E-state index contributed by atoms with van der Waals surface area (Å²) in [5.41, 5.74) is 3.25. The van der Waals surface area contributed by atoms with Crippen LogP contribution >= 0.6 is 0 Å². The number of rotatable bonds is 12. The Labute approximate surface area is 215 Å². The van der Waals surface area contributed by atoms with Crippen LogP contribution in [0.1, 0.15) is 57.9 Å². The van der Waals surface area contributed by atoms with E-state index in [-0.39, 0.29) is 0 Å². The Bertz CT molecular complexity index is 936. The molecule has 0 atom stereocenters. The molecule has 36 heavy (non-hydrogen) atoms. The summed E-state index contributed by atoms with van der Waals surface area (Å²) in [7, 11) is -4.94. The monoisotopic (exact) mass is 518 g/mol. The van der Waals surface area contributed by atoms with Gasteiger partial charge in [-0.2, -0.15) is 0 Å². The van der Waals surface area contributed by atoms with Gasteiger partial charge in [-0.05, 0) is 73.9 Å². The smallest absolute Gasteiger partial charge is 0.361 e. The fourth-order valence-electron chi connectivity index (χ4n) is 3.43. The van der Waals surface area contributed by atoms with E-state index in [1.165, 1.54) is 25.7 Å². The van der Waals surface area contributed by atoms with Gasteiger partial charge in [0.15, 0.2) is 0 Å². The SMILES string of the molecule is CCCCCOc1ccc(-c2cc(C)cc(-c3ccc(OCCCCC)cc3)[o+]2)cc1.[O-][Cl+3]([O-])([O-])[O-]. The molecule has 3 rings (SSSR count). The molecule has 0 unspecified atom stereocenters. The fourth-order valence-corrected chi connectivity index (χ4v) is 3.43. The summed E-state index contributed by atoms with van der Waals surface area (Å²) < 4.78 is 51.9. The molecule has 0 N–H and O–H groups in total. The summed E-state index contributed by atoms with van der Waals surface area (Å²) in [5, 5.41) is 0. The fraction of sp³-hybridized carbons (Fsp3) is 0.393. The van der Waals surface area contributed by atoms with Crippen molar-refractivity contribution in [3.05, 3.63) is 66.2 Å². The van der Waals surface area contributed by atoms with Gasteiger partial charge in [-0.3, -0.25) is 0 Å². The highest BCUT2D eigenvalue weighted by atomic mass is 35.7. The van der Waals surface area contributed by atoms with E-state index >= 15 is 0 Å². The van der Waals surface area contributed by atoms with Crippen molar-refractivity contribution >= 4 is 0 Å². The van der Waals surface area contributed by atoms with Crippen LogP contribution in [0, 0.1) is 17.2 Å². The summed E-state index contributed by atoms with van der Waals surface area (Å²) in [6.45, 7) is 8.03. The lowest BCUT2D eigenvalue weighted by Gasteiger charge is -2.17. The van der Waals surface area contributed by atoms with Crippen molar-refractivity contribution in [1.29, 1.82) is 0 Å². The maximum atomic E-state index is 8.49. The predicted octanol–water partition coefficient (Wildman–Crippen LogP) is 3.59. The third-order valence-electron chi connectivity index (χ3n) is 5.25. The molecular weight excluding hydrogens is 484 g/mol. The van der Waals surface area contributed by atoms with Crippen molar-refractivity contribution in [2.45, 2.75) is 59.3 Å². The Morgan fingerprint density at radius 1 is 0.639 bits per heavy atom. The molecule has 8 heteroatoms. The van der Waals surface area contributed by atoms with Crippen molar-refractivity contribution < 1.29 is 42.8 Å². The third kappa shape index (κ3) is 11.8. The largest absolute Gasteiger partial charge is 0.494 e. The van der Waals surface area contributed by atoms with E-state index in [1.54, 1.807) is 0 Å². The van der Waals surface area contributed by atoms with Crippen LogP contribution in [0.3, 0.4) is 0 Å². The molecule has 2 aromatic carbocycles. The van der Waals surface area contributed by atoms with Crippen LogP contribution in [0.2, 0.25) is 0 Å². The number of aryl methyl sites for hydroxylation is 1. The van der Waals surface area contributed by atoms with E-state index in [0.717, 1.165) is 65.8 Å². The van der Waals surface area contributed by atoms with Crippen molar-refractivity contribution in [3.63, 3.8) is 0 Å². The van der Waals surface area contributed by atoms with Gasteiger partial charge in [-0.1, -0.05) is 39.5 Å². The second-order valence-corrected chi connectivity index (χ2v) is 9.16. The number of benzene rings is 2. The van der Waals surface area contributed by atoms with E-state index in [1.807, 2.05) is 24.3 Å². The highest BCUT2D eigenvalue weighted by molar-refractivity contribution is 5.65. The molecule has 0 bridgehead atoms. The first-order chi connectivity index (χ1) is 17.2. The molecule has 0 radical (unpaired) electrons. The highest BCUT2D eigenvalue weighted by Crippen LogP contribution is 2.30. The Balaban J connectivity index is 0.000000830. The zero-order chi connectivity index (χ0) is 26.4. The molecular formula is C28H35ClO7. The van der Waals surface area contributed by atoms with Gasteiger partial charge in [0.25, 0.3) is 0 Å². The Morgan fingerprint density at radius 2 is 1.00 bits per heavy atom. The zero-order valence-corrected chi connectivity index (χ0v) is 21.9. The average molecular weight is 519 g/mol. The quantitative estimate of drug-likeness (QED) is 0.265. The molecule has 0 saturated carbocycles. The van der Waals surface area contributed by atoms with Gasteiger partial charge in [-0.15, -0.1) is 10.2 Å². The molecule has 7 nitrogen and oxygen atoms in total. The molecule has 1 heterocycles. The second-order valence-electron chi connectivity index (χ2n) is 8.40. The highest BCUT2D eigenvalue weighted by Gasteiger charge is 2.19. The normalized spacial score (nSPS) is 11.0. The molecule has 0 amide bonds. The van der Waals surface area contributed by atoms with Crippen LogP contribution in [0.5, 0.6) is 11.5 Å². The van der Waals surface area contributed by atoms with E-state index < -0.39 is 10.2 Å². The standard InChI is InChI=1S/C28H35O3.ClHO4/c1-4-6-8-18-29-25-14-10-23(11-15-25)27-20-22(3)21-28(31-27)24-12-16-26(17-13-24)30-19-9-7-5-2;2-1(3,4)5/h10-17,20-21H,4-9,18-19H2,1-3H3;(H,2,3,4,5)/q+1;/p-1. The van der Waals surface area contributed by atoms with Gasteiger partial charge >= 0.3 is 11.5 Å². The molecule has 0 aliphatic carbocycles. The maximum Gasteiger partial charge on any atom is 0.361 e. The molecule has 0 aliphatic heterocycles. The molecule has 0 aliphatic rings. The average Bonchev–Trinajstić information content (AvgIpc) is 2.84. The minimum atomic E-state index is -4.94. The summed E-state index contributed by atoms with van der Waals surface area (Å²) in [6.07, 6.45) is 7.00. The number of unbranched alkanes of at least 4 members (excludes halogenated alkanes) is 4. The maximum absolute atomic E-state index is 8.49. The molecule has 0 saturated heterocycles. The van der Waals surface area contributed by atoms with Crippen molar-refractivity contribution in [1.82, 2.24) is 0 Å². The van der Waals surface area contributed by atoms with Gasteiger partial charge in [-0.25, -0.2) is 23.1 Å². The van der Waals surface area contributed by atoms with Crippen molar-refractivity contribution in [2.75, 3.05) is 13.2 Å². The lowest BCUT2D eigenvalue weighted by Crippen LogP contribution is -2.68. The van der Waals surface area contributed by atoms with Crippen LogP contribution in [-0.2, 0) is 0 Å². The van der Waals surface area contributed by atoms with Crippen LogP contribution in [-0.4, -0.2) is 13.2 Å². The van der Waals surface area contributed by atoms with Crippen LogP contribution in [0.4, 0.5) is 0 Å². The van der Waals surface area contributed by atoms with Gasteiger partial charge in [0.2, 0.25) is 0 Å². The minimum absolute atomic E-state index is 0.768. The summed E-state index contributed by atoms with van der Waals surface area (Å²) >= 11 is 0. The van der Waals surface area contributed by atoms with Crippen molar-refractivity contribution in [2.24, 2.45) is 0 Å². The molecule has 0 fully saturated rings. The first-order valence-corrected chi connectivity index (χ1v) is 13.5. The first kappa shape index (κ1) is 29.5. The summed E-state index contributed by atoms with van der Waals surface area (Å²) in [6, 6.07) is 20.5. The number of ether oxygens (including phenoxy) is 2. The predicted molar refractivity (Wildman–Crippen MR) is 129 cm³/mol. The van der Waals surface area contributed by atoms with Crippen LogP contribution in [0.25, 0.3) is 22.6 Å². The lowest BCUT2D eigenvalue weighted by molar-refractivity contribution is -2.00. The number of hydrogen-bond acceptors (Lipinski definition) is 6. The minimum Gasteiger partial charge on any atom is -0.494 e. The van der Waals surface area contributed by atoms with Gasteiger partial charge in [0.05, 0.1) is 24.3 Å². The summed E-state index contributed by atoms with van der Waals surface area (Å²) in [4.78, 5) is 0. The summed E-state index contributed by atoms with van der Waals surface area (Å²) in [5.74, 6) is 3.52. The Hall–Kier alpha value is -2.68. The van der Waals surface area contributed by atoms with Gasteiger partial charge < -0.3 is 9.47 Å². The first-order valence-electron chi connectivity index (χ1n) is 12.2. The van der Waals surface area contributed by atoms with Crippen LogP contribution in [0.15, 0.2) is 65.1 Å². The Kier molecular flexibility index (Phi) is 12.7. The van der Waals surface area contributed by atoms with Gasteiger partial charge in [0, 0.05) is 12.1 Å². The number of hydrogen-bond donors (Lipinski definition) is 0. The van der Waals surface area contributed by atoms with Crippen molar-refractivity contribution in [3.8, 4) is 34.1 Å². The number of halogens is 1. The Morgan fingerprint density at radius 3 is 1.33 bits per heavy atom.